The SMILES string of the molecule is CC(C)(C)C1Cc2cc(CC(=O)C3(c4ccc5c(c4)OCO5)CC3)c(F)cc2N1.CC(C)(C)c1cc2cc(CC(=O)C3(c4ccc5c(c4)OCO5)CC3)c(F)cc2n1CCCO.O=CCCOCc1ccccc1. The van der Waals surface area contributed by atoms with Gasteiger partial charge in [-0.1, -0.05) is 90.1 Å². The van der Waals surface area contributed by atoms with Crippen molar-refractivity contribution in [2.45, 2.75) is 135 Å². The number of hydrogen-bond acceptors (Lipinski definition) is 10. The first kappa shape index (κ1) is 52.3. The molecule has 74 heavy (non-hydrogen) atoms. The van der Waals surface area contributed by atoms with Crippen molar-refractivity contribution in [1.29, 1.82) is 0 Å². The number of hydrogen-bond donors (Lipinski definition) is 2. The number of nitrogens with one attached hydrogen (secondary N) is 1. The van der Waals surface area contributed by atoms with Gasteiger partial charge < -0.3 is 43.5 Å². The van der Waals surface area contributed by atoms with Gasteiger partial charge >= 0.3 is 0 Å². The number of aliphatic hydroxyl groups excluding tert-OH is 1. The molecule has 0 radical (unpaired) electrons. The average molecular weight is 1010 g/mol. The van der Waals surface area contributed by atoms with E-state index in [2.05, 4.69) is 57.5 Å². The van der Waals surface area contributed by atoms with Crippen LogP contribution in [0.5, 0.6) is 23.0 Å². The van der Waals surface area contributed by atoms with E-state index in [1.807, 2.05) is 78.9 Å². The molecule has 1 atom stereocenters. The quantitative estimate of drug-likeness (QED) is 0.0713. The fourth-order valence-electron chi connectivity index (χ4n) is 10.3. The maximum absolute atomic E-state index is 15.2. The topological polar surface area (TPSA) is 135 Å². The number of nitrogens with zero attached hydrogens (tertiary/aromatic N) is 1. The van der Waals surface area contributed by atoms with Crippen molar-refractivity contribution < 1.29 is 52.0 Å². The molecule has 390 valence electrons. The van der Waals surface area contributed by atoms with Gasteiger partial charge in [-0.25, -0.2) is 8.78 Å². The fourth-order valence-corrected chi connectivity index (χ4v) is 10.3. The number of aldehydes is 1. The number of ether oxygens (including phenoxy) is 5. The number of aliphatic hydroxyl groups is 1. The number of anilines is 1. The Morgan fingerprint density at radius 2 is 1.31 bits per heavy atom. The van der Waals surface area contributed by atoms with Crippen molar-refractivity contribution in [3.05, 3.63) is 148 Å². The van der Waals surface area contributed by atoms with Gasteiger partial charge in [0, 0.05) is 60.6 Å². The van der Waals surface area contributed by atoms with Gasteiger partial charge in [0.2, 0.25) is 13.6 Å². The highest BCUT2D eigenvalue weighted by atomic mass is 19.1. The Morgan fingerprint density at radius 1 is 0.743 bits per heavy atom. The highest BCUT2D eigenvalue weighted by Gasteiger charge is 2.52. The number of rotatable bonds is 16. The Labute approximate surface area is 432 Å². The second kappa shape index (κ2) is 21.3. The minimum atomic E-state index is -0.563. The molecular weight excluding hydrogens is 943 g/mol. The summed E-state index contributed by atoms with van der Waals surface area (Å²) in [6, 6.07) is 30.5. The zero-order valence-corrected chi connectivity index (χ0v) is 43.4. The molecule has 11 rings (SSSR count). The van der Waals surface area contributed by atoms with Crippen molar-refractivity contribution in [3.8, 4) is 23.0 Å². The fraction of sp³-hybridized carbons (Fsp3) is 0.426. The number of benzene rings is 5. The predicted octanol–water partition coefficient (Wildman–Crippen LogP) is 11.6. The van der Waals surface area contributed by atoms with Crippen molar-refractivity contribution in [1.82, 2.24) is 4.57 Å². The third kappa shape index (κ3) is 11.2. The third-order valence-electron chi connectivity index (χ3n) is 15.1. The highest BCUT2D eigenvalue weighted by Crippen LogP contribution is 2.53. The van der Waals surface area contributed by atoms with Crippen LogP contribution in [0.2, 0.25) is 0 Å². The third-order valence-corrected chi connectivity index (χ3v) is 15.1. The summed E-state index contributed by atoms with van der Waals surface area (Å²) in [6.07, 6.45) is 6.11. The Hall–Kier alpha value is -6.57. The molecule has 13 heteroatoms. The Bertz CT molecular complexity index is 3030. The Kier molecular flexibility index (Phi) is 15.1. The second-order valence-corrected chi connectivity index (χ2v) is 22.4. The van der Waals surface area contributed by atoms with E-state index in [-0.39, 0.29) is 73.1 Å². The lowest BCUT2D eigenvalue weighted by Crippen LogP contribution is -2.31. The molecule has 2 saturated carbocycles. The molecule has 2 aliphatic carbocycles. The number of aryl methyl sites for hydroxylation is 1. The van der Waals surface area contributed by atoms with E-state index >= 15 is 4.39 Å². The van der Waals surface area contributed by atoms with Crippen LogP contribution >= 0.6 is 0 Å². The van der Waals surface area contributed by atoms with E-state index < -0.39 is 10.8 Å². The number of carbonyl (C=O) groups excluding carboxylic acids is 3. The van der Waals surface area contributed by atoms with Crippen LogP contribution in [0.4, 0.5) is 14.5 Å². The van der Waals surface area contributed by atoms with Crippen LogP contribution < -0.4 is 24.3 Å². The molecule has 6 aromatic rings. The van der Waals surface area contributed by atoms with Crippen molar-refractivity contribution in [2.75, 3.05) is 32.1 Å². The molecule has 0 bridgehead atoms. The summed E-state index contributed by atoms with van der Waals surface area (Å²) in [5.41, 5.74) is 6.67. The maximum Gasteiger partial charge on any atom is 0.231 e. The number of carbonyl (C=O) groups is 3. The van der Waals surface area contributed by atoms with Gasteiger partial charge in [-0.3, -0.25) is 9.59 Å². The van der Waals surface area contributed by atoms with E-state index in [0.29, 0.717) is 66.7 Å². The summed E-state index contributed by atoms with van der Waals surface area (Å²) in [7, 11) is 0. The normalized spacial score (nSPS) is 17.1. The lowest BCUT2D eigenvalue weighted by atomic mass is 9.84. The Balaban J connectivity index is 0.000000150. The molecule has 5 aromatic carbocycles. The van der Waals surface area contributed by atoms with Crippen LogP contribution in [-0.2, 0) is 67.8 Å². The number of fused-ring (bicyclic) bond motifs is 4. The predicted molar refractivity (Wildman–Crippen MR) is 280 cm³/mol. The minimum absolute atomic E-state index is 0.0374. The van der Waals surface area contributed by atoms with Crippen LogP contribution in [0.25, 0.3) is 10.9 Å². The van der Waals surface area contributed by atoms with Gasteiger partial charge in [0.25, 0.3) is 0 Å². The second-order valence-electron chi connectivity index (χ2n) is 22.4. The summed E-state index contributed by atoms with van der Waals surface area (Å²) in [5, 5.41) is 13.7. The zero-order valence-electron chi connectivity index (χ0n) is 43.4. The number of ketones is 2. The molecule has 4 heterocycles. The molecule has 1 aromatic heterocycles. The maximum atomic E-state index is 15.2. The first-order chi connectivity index (χ1) is 35.4. The van der Waals surface area contributed by atoms with E-state index in [4.69, 9.17) is 23.7 Å². The summed E-state index contributed by atoms with van der Waals surface area (Å²) in [6.45, 7) is 15.1. The van der Waals surface area contributed by atoms with Crippen LogP contribution in [0.3, 0.4) is 0 Å². The van der Waals surface area contributed by atoms with Gasteiger partial charge in [-0.2, -0.15) is 0 Å². The summed E-state index contributed by atoms with van der Waals surface area (Å²) in [5.74, 6) is 2.20. The smallest absolute Gasteiger partial charge is 0.231 e. The van der Waals surface area contributed by atoms with E-state index in [1.165, 1.54) is 0 Å². The van der Waals surface area contributed by atoms with Crippen LogP contribution in [0.15, 0.2) is 97.1 Å². The molecule has 2 fully saturated rings. The van der Waals surface area contributed by atoms with E-state index in [0.717, 1.165) is 82.9 Å². The van der Waals surface area contributed by atoms with Crippen LogP contribution in [0.1, 0.15) is 119 Å². The number of Topliss-reactive ketones (excluding diaryl/α,β-unsaturated/α-hetero) is 2. The van der Waals surface area contributed by atoms with E-state index in [9.17, 15) is 23.9 Å². The molecule has 11 nitrogen and oxygen atoms in total. The lowest BCUT2D eigenvalue weighted by Gasteiger charge is -2.27. The first-order valence-corrected chi connectivity index (χ1v) is 25.9. The van der Waals surface area contributed by atoms with Crippen molar-refractivity contribution in [3.63, 3.8) is 0 Å². The van der Waals surface area contributed by atoms with Gasteiger partial charge in [0.15, 0.2) is 23.0 Å². The number of halogens is 2. The zero-order chi connectivity index (χ0) is 52.4. The molecular formula is C61H68F2N2O9. The van der Waals surface area contributed by atoms with Gasteiger partial charge in [-0.05, 0) is 126 Å². The highest BCUT2D eigenvalue weighted by molar-refractivity contribution is 5.96. The lowest BCUT2D eigenvalue weighted by molar-refractivity contribution is -0.121. The molecule has 0 spiro atoms. The summed E-state index contributed by atoms with van der Waals surface area (Å²) < 4.78 is 59.0. The molecule has 2 N–H and O–H groups in total. The first-order valence-electron chi connectivity index (χ1n) is 25.9. The standard InChI is InChI=1S/C27H30FNO4.C24H26FNO3.C10H12O2/c1-26(2,3)24-12-18-11-17(20(28)15-21(18)29(24)9-4-10-30)13-25(31)27(7-8-27)19-5-6-22-23(14-19)33-16-32-22;1-23(2,3)21-9-15-8-14(17(25)12-18(15)26-21)10-22(27)24(6-7-24)16-4-5-19-20(11-16)29-13-28-19;11-7-4-8-12-9-10-5-2-1-3-6-10/h5-6,11-12,14-15,30H,4,7-10,13,16H2,1-3H3;4-5,8,11-12,21,26H,6-7,9-10,13H2,1-3H3;1-3,5-7H,4,8-9H2. The van der Waals surface area contributed by atoms with Crippen LogP contribution in [-0.4, -0.2) is 60.4 Å². The molecule has 3 aliphatic heterocycles. The summed E-state index contributed by atoms with van der Waals surface area (Å²) >= 11 is 0. The molecule has 5 aliphatic rings. The van der Waals surface area contributed by atoms with Crippen molar-refractivity contribution in [2.24, 2.45) is 5.41 Å². The van der Waals surface area contributed by atoms with Crippen molar-refractivity contribution >= 4 is 34.4 Å². The largest absolute Gasteiger partial charge is 0.454 e. The Morgan fingerprint density at radius 3 is 1.85 bits per heavy atom. The molecule has 0 saturated heterocycles. The van der Waals surface area contributed by atoms with Gasteiger partial charge in [0.1, 0.15) is 29.5 Å². The molecule has 1 unspecified atom stereocenters. The summed E-state index contributed by atoms with van der Waals surface area (Å²) in [4.78, 5) is 36.5. The number of aromatic nitrogens is 1. The monoisotopic (exact) mass is 1010 g/mol. The van der Waals surface area contributed by atoms with Gasteiger partial charge in [0.05, 0.1) is 29.6 Å². The van der Waals surface area contributed by atoms with Gasteiger partial charge in [-0.15, -0.1) is 0 Å². The van der Waals surface area contributed by atoms with Crippen LogP contribution in [0, 0.1) is 17.0 Å². The minimum Gasteiger partial charge on any atom is -0.454 e. The average Bonchev–Trinajstić information content (AvgIpc) is 4.13. The van der Waals surface area contributed by atoms with E-state index in [1.54, 1.807) is 12.1 Å². The molecule has 0 amide bonds.